The quantitative estimate of drug-likeness (QED) is 0.843. The van der Waals surface area contributed by atoms with E-state index in [2.05, 4.69) is 27.2 Å². The first-order valence-corrected chi connectivity index (χ1v) is 6.51. The summed E-state index contributed by atoms with van der Waals surface area (Å²) in [5.74, 6) is -0.674. The zero-order valence-electron chi connectivity index (χ0n) is 12.1. The number of nitrogens with one attached hydrogen (secondary N) is 2. The van der Waals surface area contributed by atoms with Gasteiger partial charge in [0.25, 0.3) is 0 Å². The average molecular weight is 322 g/mol. The van der Waals surface area contributed by atoms with Gasteiger partial charge >= 0.3 is 6.18 Å². The van der Waals surface area contributed by atoms with E-state index in [1.807, 2.05) is 0 Å². The number of alkyl halides is 3. The second-order valence-electron chi connectivity index (χ2n) is 4.54. The first-order valence-electron chi connectivity index (χ1n) is 6.51. The number of rotatable bonds is 4. The highest BCUT2D eigenvalue weighted by Gasteiger charge is 2.35. The van der Waals surface area contributed by atoms with Gasteiger partial charge in [-0.2, -0.15) is 13.2 Å². The van der Waals surface area contributed by atoms with Crippen molar-refractivity contribution in [1.29, 1.82) is 0 Å². The molecule has 1 aromatic carbocycles. The van der Waals surface area contributed by atoms with E-state index >= 15 is 0 Å². The molecule has 0 spiro atoms. The Kier molecular flexibility index (Phi) is 4.63. The molecule has 2 rings (SSSR count). The van der Waals surface area contributed by atoms with Crippen LogP contribution in [0.2, 0.25) is 0 Å². The number of halogens is 3. The van der Waals surface area contributed by atoms with Crippen LogP contribution in [-0.2, 0) is 11.0 Å². The Balaban J connectivity index is 2.42. The normalized spacial score (nSPS) is 11.0. The van der Waals surface area contributed by atoms with Crippen molar-refractivity contribution < 1.29 is 18.0 Å². The third-order valence-corrected chi connectivity index (χ3v) is 2.84. The molecular formula is C15H13F3N4O. The van der Waals surface area contributed by atoms with Gasteiger partial charge in [-0.05, 0) is 25.1 Å². The lowest BCUT2D eigenvalue weighted by Crippen LogP contribution is -2.13. The van der Waals surface area contributed by atoms with Gasteiger partial charge in [-0.1, -0.05) is 18.7 Å². The summed E-state index contributed by atoms with van der Waals surface area (Å²) in [5.41, 5.74) is -0.416. The van der Waals surface area contributed by atoms with Gasteiger partial charge in [-0.25, -0.2) is 9.97 Å². The fourth-order valence-electron chi connectivity index (χ4n) is 1.79. The van der Waals surface area contributed by atoms with Crippen LogP contribution < -0.4 is 10.6 Å². The third-order valence-electron chi connectivity index (χ3n) is 2.84. The van der Waals surface area contributed by atoms with E-state index in [1.54, 1.807) is 18.2 Å². The smallest absolute Gasteiger partial charge is 0.338 e. The topological polar surface area (TPSA) is 66.9 Å². The van der Waals surface area contributed by atoms with Gasteiger partial charge in [0.2, 0.25) is 5.91 Å². The summed E-state index contributed by atoms with van der Waals surface area (Å²) in [7, 11) is 0. The lowest BCUT2D eigenvalue weighted by Gasteiger charge is -2.16. The van der Waals surface area contributed by atoms with Crippen LogP contribution in [0.25, 0.3) is 0 Å². The van der Waals surface area contributed by atoms with Gasteiger partial charge < -0.3 is 10.6 Å². The summed E-state index contributed by atoms with van der Waals surface area (Å²) in [6.07, 6.45) is -2.82. The number of hydrogen-bond acceptors (Lipinski definition) is 4. The predicted molar refractivity (Wildman–Crippen MR) is 80.3 cm³/mol. The number of carbonyl (C=O) groups excluding carboxylic acids is 1. The van der Waals surface area contributed by atoms with Gasteiger partial charge in [0, 0.05) is 6.20 Å². The number of benzene rings is 1. The van der Waals surface area contributed by atoms with Crippen molar-refractivity contribution in [2.24, 2.45) is 0 Å². The fourth-order valence-corrected chi connectivity index (χ4v) is 1.79. The molecule has 23 heavy (non-hydrogen) atoms. The molecule has 1 amide bonds. The van der Waals surface area contributed by atoms with E-state index in [0.717, 1.165) is 12.3 Å². The van der Waals surface area contributed by atoms with Gasteiger partial charge in [-0.3, -0.25) is 4.79 Å². The van der Waals surface area contributed by atoms with Crippen LogP contribution in [0.4, 0.5) is 30.4 Å². The maximum absolute atomic E-state index is 13.0. The Labute approximate surface area is 130 Å². The number of amides is 1. The second kappa shape index (κ2) is 6.47. The first kappa shape index (κ1) is 16.5. The van der Waals surface area contributed by atoms with Gasteiger partial charge in [0.15, 0.2) is 0 Å². The molecule has 2 N–H and O–H groups in total. The van der Waals surface area contributed by atoms with E-state index in [4.69, 9.17) is 0 Å². The SMILES string of the molecule is C=CC(=O)Nc1ccccc1Nc1nc(C)ncc1C(F)(F)F. The van der Waals surface area contributed by atoms with Crippen LogP contribution in [0.5, 0.6) is 0 Å². The molecule has 0 saturated heterocycles. The number of nitrogens with zero attached hydrogens (tertiary/aromatic N) is 2. The summed E-state index contributed by atoms with van der Waals surface area (Å²) in [6.45, 7) is 4.81. The number of anilines is 3. The second-order valence-corrected chi connectivity index (χ2v) is 4.54. The minimum atomic E-state index is -4.60. The van der Waals surface area contributed by atoms with Crippen molar-refractivity contribution >= 4 is 23.1 Å². The van der Waals surface area contributed by atoms with Crippen molar-refractivity contribution in [2.75, 3.05) is 10.6 Å². The van der Waals surface area contributed by atoms with E-state index in [-0.39, 0.29) is 17.3 Å². The maximum atomic E-state index is 13.0. The molecule has 120 valence electrons. The average Bonchev–Trinajstić information content (AvgIpc) is 2.48. The molecule has 0 aliphatic rings. The number of aryl methyl sites for hydroxylation is 1. The molecule has 0 aliphatic heterocycles. The van der Waals surface area contributed by atoms with E-state index < -0.39 is 17.6 Å². The molecule has 0 radical (unpaired) electrons. The van der Waals surface area contributed by atoms with Crippen LogP contribution in [0.3, 0.4) is 0 Å². The lowest BCUT2D eigenvalue weighted by molar-refractivity contribution is -0.137. The molecule has 0 fully saturated rings. The molecular weight excluding hydrogens is 309 g/mol. The molecule has 0 atom stereocenters. The van der Waals surface area contributed by atoms with E-state index in [1.165, 1.54) is 13.0 Å². The zero-order valence-corrected chi connectivity index (χ0v) is 12.1. The van der Waals surface area contributed by atoms with Gasteiger partial charge in [0.1, 0.15) is 17.2 Å². The van der Waals surface area contributed by atoms with Gasteiger partial charge in [0.05, 0.1) is 11.4 Å². The highest BCUT2D eigenvalue weighted by molar-refractivity contribution is 6.01. The van der Waals surface area contributed by atoms with Crippen LogP contribution in [0, 0.1) is 6.92 Å². The predicted octanol–water partition coefficient (Wildman–Crippen LogP) is 3.67. The van der Waals surface area contributed by atoms with Crippen molar-refractivity contribution in [3.63, 3.8) is 0 Å². The van der Waals surface area contributed by atoms with Crippen molar-refractivity contribution in [3.05, 3.63) is 54.5 Å². The van der Waals surface area contributed by atoms with E-state index in [0.29, 0.717) is 5.69 Å². The monoisotopic (exact) mass is 322 g/mol. The van der Waals surface area contributed by atoms with Crippen LogP contribution >= 0.6 is 0 Å². The third kappa shape index (κ3) is 4.06. The fraction of sp³-hybridized carbons (Fsp3) is 0.133. The molecule has 0 bridgehead atoms. The maximum Gasteiger partial charge on any atom is 0.421 e. The summed E-state index contributed by atoms with van der Waals surface area (Å²) in [4.78, 5) is 18.8. The highest BCUT2D eigenvalue weighted by atomic mass is 19.4. The molecule has 8 heteroatoms. The standard InChI is InChI=1S/C15H13F3N4O/c1-3-13(23)21-11-6-4-5-7-12(11)22-14-10(15(16,17)18)8-19-9(2)20-14/h3-8H,1H2,2H3,(H,21,23)(H,19,20,22). The number of aromatic nitrogens is 2. The number of hydrogen-bond donors (Lipinski definition) is 2. The zero-order chi connectivity index (χ0) is 17.0. The summed E-state index contributed by atoms with van der Waals surface area (Å²) in [6, 6.07) is 6.33. The molecule has 2 aromatic rings. The Hall–Kier alpha value is -2.90. The molecule has 1 aromatic heterocycles. The minimum absolute atomic E-state index is 0.188. The van der Waals surface area contributed by atoms with Crippen LogP contribution in [-0.4, -0.2) is 15.9 Å². The Morgan fingerprint density at radius 3 is 2.52 bits per heavy atom. The van der Waals surface area contributed by atoms with Crippen LogP contribution in [0.1, 0.15) is 11.4 Å². The van der Waals surface area contributed by atoms with Gasteiger partial charge in [-0.15, -0.1) is 0 Å². The number of para-hydroxylation sites is 2. The largest absolute Gasteiger partial charge is 0.421 e. The molecule has 0 saturated carbocycles. The molecule has 0 unspecified atom stereocenters. The van der Waals surface area contributed by atoms with E-state index in [9.17, 15) is 18.0 Å². The lowest BCUT2D eigenvalue weighted by atomic mass is 10.2. The Bertz CT molecular complexity index is 744. The first-order chi connectivity index (χ1) is 10.8. The minimum Gasteiger partial charge on any atom is -0.338 e. The Morgan fingerprint density at radius 2 is 1.91 bits per heavy atom. The summed E-state index contributed by atoms with van der Waals surface area (Å²) < 4.78 is 39.1. The molecule has 1 heterocycles. The highest BCUT2D eigenvalue weighted by Crippen LogP contribution is 2.35. The van der Waals surface area contributed by atoms with Crippen molar-refractivity contribution in [1.82, 2.24) is 9.97 Å². The van der Waals surface area contributed by atoms with Crippen molar-refractivity contribution in [2.45, 2.75) is 13.1 Å². The molecule has 0 aliphatic carbocycles. The Morgan fingerprint density at radius 1 is 1.26 bits per heavy atom. The summed E-state index contributed by atoms with van der Waals surface area (Å²) in [5, 5.41) is 5.11. The molecule has 5 nitrogen and oxygen atoms in total. The van der Waals surface area contributed by atoms with Crippen molar-refractivity contribution in [3.8, 4) is 0 Å². The number of carbonyl (C=O) groups is 1. The van der Waals surface area contributed by atoms with Crippen LogP contribution in [0.15, 0.2) is 43.1 Å². The summed E-state index contributed by atoms with van der Waals surface area (Å²) >= 11 is 0.